The Morgan fingerprint density at radius 2 is 1.83 bits per heavy atom. The molecule has 0 unspecified atom stereocenters. The number of aromatic nitrogens is 1. The van der Waals surface area contributed by atoms with Crippen molar-refractivity contribution in [3.8, 4) is 12.3 Å². The van der Waals surface area contributed by atoms with E-state index in [2.05, 4.69) is 16.2 Å². The fourth-order valence-electron chi connectivity index (χ4n) is 1.96. The molecule has 6 heteroatoms. The van der Waals surface area contributed by atoms with Gasteiger partial charge in [-0.3, -0.25) is 4.79 Å². The molecule has 2 aromatic rings. The van der Waals surface area contributed by atoms with Crippen LogP contribution in [0.3, 0.4) is 0 Å². The number of anilines is 1. The number of pyridine rings is 1. The summed E-state index contributed by atoms with van der Waals surface area (Å²) in [6.07, 6.45) is 0.745. The van der Waals surface area contributed by atoms with E-state index in [1.165, 1.54) is 13.0 Å². The highest BCUT2D eigenvalue weighted by atomic mass is 19.4. The molecule has 1 aromatic heterocycles. The predicted molar refractivity (Wildman–Crippen MR) is 81.0 cm³/mol. The van der Waals surface area contributed by atoms with Gasteiger partial charge in [0.2, 0.25) is 0 Å². The Morgan fingerprint density at radius 3 is 2.43 bits per heavy atom. The molecule has 0 aliphatic rings. The zero-order valence-corrected chi connectivity index (χ0v) is 12.5. The smallest absolute Gasteiger partial charge is 0.321 e. The topological polar surface area (TPSA) is 42.0 Å². The van der Waals surface area contributed by atoms with Crippen LogP contribution in [0.25, 0.3) is 0 Å². The maximum absolute atomic E-state index is 12.7. The highest BCUT2D eigenvalue weighted by Gasteiger charge is 2.33. The summed E-state index contributed by atoms with van der Waals surface area (Å²) in [5.41, 5.74) is 0.812. The minimum Gasteiger partial charge on any atom is -0.321 e. The second-order valence-corrected chi connectivity index (χ2v) is 4.99. The predicted octanol–water partition coefficient (Wildman–Crippen LogP) is 3.95. The molecule has 1 N–H and O–H groups in total. The van der Waals surface area contributed by atoms with Crippen LogP contribution in [0.2, 0.25) is 0 Å². The van der Waals surface area contributed by atoms with E-state index in [0.29, 0.717) is 16.8 Å². The van der Waals surface area contributed by atoms with E-state index in [4.69, 9.17) is 6.42 Å². The molecule has 0 aliphatic carbocycles. The lowest BCUT2D eigenvalue weighted by atomic mass is 10.1. The van der Waals surface area contributed by atoms with Crippen molar-refractivity contribution in [3.63, 3.8) is 0 Å². The Morgan fingerprint density at radius 1 is 1.17 bits per heavy atom. The summed E-state index contributed by atoms with van der Waals surface area (Å²) in [5, 5.41) is 2.52. The number of benzene rings is 1. The van der Waals surface area contributed by atoms with Crippen LogP contribution in [-0.2, 0) is 6.18 Å². The van der Waals surface area contributed by atoms with Gasteiger partial charge in [0.25, 0.3) is 5.91 Å². The number of hydrogen-bond donors (Lipinski definition) is 1. The van der Waals surface area contributed by atoms with Gasteiger partial charge in [-0.2, -0.15) is 13.2 Å². The average molecular weight is 318 g/mol. The Kier molecular flexibility index (Phi) is 4.41. The monoisotopic (exact) mass is 318 g/mol. The van der Waals surface area contributed by atoms with E-state index in [1.54, 1.807) is 18.2 Å². The van der Waals surface area contributed by atoms with Crippen molar-refractivity contribution in [2.75, 3.05) is 5.32 Å². The fraction of sp³-hybridized carbons (Fsp3) is 0.176. The van der Waals surface area contributed by atoms with Crippen molar-refractivity contribution in [3.05, 3.63) is 58.4 Å². The quantitative estimate of drug-likeness (QED) is 0.852. The number of alkyl halides is 3. The van der Waals surface area contributed by atoms with E-state index in [9.17, 15) is 18.0 Å². The zero-order valence-electron chi connectivity index (χ0n) is 12.5. The fourth-order valence-corrected chi connectivity index (χ4v) is 1.96. The Bertz CT molecular complexity index is 804. The summed E-state index contributed by atoms with van der Waals surface area (Å²) >= 11 is 0. The van der Waals surface area contributed by atoms with Gasteiger partial charge < -0.3 is 5.32 Å². The Hall–Kier alpha value is -2.81. The molecular weight excluding hydrogens is 305 g/mol. The SMILES string of the molecule is C#Cc1cc(NC(=O)c2nc(C(F)(F)F)ccc2C)ccc1C. The molecule has 0 saturated heterocycles. The molecule has 0 saturated carbocycles. The summed E-state index contributed by atoms with van der Waals surface area (Å²) in [5.74, 6) is 1.75. The first-order valence-corrected chi connectivity index (χ1v) is 6.66. The average Bonchev–Trinajstić information content (AvgIpc) is 2.48. The maximum atomic E-state index is 12.7. The van der Waals surface area contributed by atoms with E-state index >= 15 is 0 Å². The van der Waals surface area contributed by atoms with Crippen molar-refractivity contribution in [2.45, 2.75) is 20.0 Å². The Balaban J connectivity index is 2.33. The van der Waals surface area contributed by atoms with Gasteiger partial charge in [0.1, 0.15) is 11.4 Å². The lowest BCUT2D eigenvalue weighted by Gasteiger charge is -2.11. The minimum atomic E-state index is -4.61. The number of nitrogens with one attached hydrogen (secondary N) is 1. The number of carbonyl (C=O) groups is 1. The number of rotatable bonds is 2. The first kappa shape index (κ1) is 16.6. The van der Waals surface area contributed by atoms with Crippen molar-refractivity contribution in [1.82, 2.24) is 4.98 Å². The van der Waals surface area contributed by atoms with Crippen LogP contribution in [0.1, 0.15) is 32.9 Å². The molecule has 0 spiro atoms. The molecule has 0 atom stereocenters. The van der Waals surface area contributed by atoms with E-state index < -0.39 is 17.8 Å². The van der Waals surface area contributed by atoms with Gasteiger partial charge in [0.15, 0.2) is 0 Å². The number of nitrogens with zero attached hydrogens (tertiary/aromatic N) is 1. The van der Waals surface area contributed by atoms with Gasteiger partial charge in [-0.1, -0.05) is 18.1 Å². The molecule has 2 rings (SSSR count). The van der Waals surface area contributed by atoms with Gasteiger partial charge in [-0.25, -0.2) is 4.98 Å². The number of amides is 1. The minimum absolute atomic E-state index is 0.275. The largest absolute Gasteiger partial charge is 0.433 e. The number of terminal acetylenes is 1. The van der Waals surface area contributed by atoms with Crippen LogP contribution in [0.4, 0.5) is 18.9 Å². The standard InChI is InChI=1S/C17H13F3N2O/c1-4-12-9-13(7-5-10(12)2)21-16(23)15-11(3)6-8-14(22-15)17(18,19)20/h1,5-9H,2-3H3,(H,21,23). The molecule has 0 aliphatic heterocycles. The summed E-state index contributed by atoms with van der Waals surface area (Å²) in [6.45, 7) is 3.34. The third-order valence-electron chi connectivity index (χ3n) is 3.25. The number of aryl methyl sites for hydroxylation is 2. The zero-order chi connectivity index (χ0) is 17.2. The van der Waals surface area contributed by atoms with Crippen LogP contribution in [-0.4, -0.2) is 10.9 Å². The molecule has 1 amide bonds. The van der Waals surface area contributed by atoms with Crippen LogP contribution in [0.15, 0.2) is 30.3 Å². The van der Waals surface area contributed by atoms with Crippen molar-refractivity contribution >= 4 is 11.6 Å². The summed E-state index contributed by atoms with van der Waals surface area (Å²) in [4.78, 5) is 15.6. The number of halogens is 3. The third-order valence-corrected chi connectivity index (χ3v) is 3.25. The second-order valence-electron chi connectivity index (χ2n) is 4.99. The summed E-state index contributed by atoms with van der Waals surface area (Å²) < 4.78 is 38.2. The molecule has 118 valence electrons. The van der Waals surface area contributed by atoms with E-state index in [1.807, 2.05) is 6.92 Å². The van der Waals surface area contributed by atoms with E-state index in [-0.39, 0.29) is 5.69 Å². The molecule has 0 bridgehead atoms. The van der Waals surface area contributed by atoms with Crippen molar-refractivity contribution in [2.24, 2.45) is 0 Å². The molecule has 23 heavy (non-hydrogen) atoms. The second kappa shape index (κ2) is 6.13. The van der Waals surface area contributed by atoms with Crippen molar-refractivity contribution in [1.29, 1.82) is 0 Å². The molecular formula is C17H13F3N2O. The van der Waals surface area contributed by atoms with Gasteiger partial charge in [0, 0.05) is 11.3 Å². The number of carbonyl (C=O) groups excluding carboxylic acids is 1. The van der Waals surface area contributed by atoms with Crippen LogP contribution in [0, 0.1) is 26.2 Å². The highest BCUT2D eigenvalue weighted by Crippen LogP contribution is 2.28. The van der Waals surface area contributed by atoms with Crippen molar-refractivity contribution < 1.29 is 18.0 Å². The lowest BCUT2D eigenvalue weighted by molar-refractivity contribution is -0.141. The van der Waals surface area contributed by atoms with Crippen LogP contribution in [0.5, 0.6) is 0 Å². The van der Waals surface area contributed by atoms with Gasteiger partial charge >= 0.3 is 6.18 Å². The normalized spacial score (nSPS) is 11.0. The molecule has 0 fully saturated rings. The first-order chi connectivity index (χ1) is 10.7. The third kappa shape index (κ3) is 3.69. The van der Waals surface area contributed by atoms with Gasteiger partial charge in [-0.05, 0) is 43.2 Å². The number of hydrogen-bond acceptors (Lipinski definition) is 2. The van der Waals surface area contributed by atoms with Gasteiger partial charge in [0.05, 0.1) is 0 Å². The van der Waals surface area contributed by atoms with Crippen LogP contribution >= 0.6 is 0 Å². The molecule has 3 nitrogen and oxygen atoms in total. The van der Waals surface area contributed by atoms with Crippen LogP contribution < -0.4 is 5.32 Å². The molecule has 1 heterocycles. The molecule has 1 aromatic carbocycles. The first-order valence-electron chi connectivity index (χ1n) is 6.66. The van der Waals surface area contributed by atoms with Gasteiger partial charge in [-0.15, -0.1) is 6.42 Å². The lowest BCUT2D eigenvalue weighted by Crippen LogP contribution is -2.18. The highest BCUT2D eigenvalue weighted by molar-refractivity contribution is 6.04. The summed E-state index contributed by atoms with van der Waals surface area (Å²) in [6, 6.07) is 6.98. The molecule has 0 radical (unpaired) electrons. The Labute approximate surface area is 131 Å². The van der Waals surface area contributed by atoms with E-state index in [0.717, 1.165) is 11.6 Å². The maximum Gasteiger partial charge on any atom is 0.433 e. The summed E-state index contributed by atoms with van der Waals surface area (Å²) in [7, 11) is 0.